The van der Waals surface area contributed by atoms with Crippen LogP contribution in [0.4, 0.5) is 0 Å². The summed E-state index contributed by atoms with van der Waals surface area (Å²) in [5, 5.41) is 16.3. The molecule has 1 unspecified atom stereocenters. The first-order chi connectivity index (χ1) is 18.0. The van der Waals surface area contributed by atoms with Crippen molar-refractivity contribution < 1.29 is 19.3 Å². The molecule has 1 heterocycles. The molecular weight excluding hydrogens is 468 g/mol. The topological polar surface area (TPSA) is 85.7 Å². The lowest BCUT2D eigenvalue weighted by Crippen LogP contribution is -2.21. The van der Waals surface area contributed by atoms with Crippen LogP contribution in [0.15, 0.2) is 83.7 Å². The molecule has 188 valence electrons. The van der Waals surface area contributed by atoms with Crippen LogP contribution in [-0.2, 0) is 0 Å². The molecule has 0 amide bonds. The minimum atomic E-state index is -0.645. The van der Waals surface area contributed by atoms with Crippen LogP contribution in [0.25, 0.3) is 16.5 Å². The number of hydrogen-bond donors (Lipinski definition) is 2. The fourth-order valence-electron chi connectivity index (χ4n) is 4.99. The number of para-hydroxylation sites is 1. The van der Waals surface area contributed by atoms with E-state index in [2.05, 4.69) is 5.10 Å². The SMILES string of the molecule is COc1cc(C(c2c(C)[nH]n(-c3ccccc3)c2=O)c2c(O)ccc3ccccc23)cc(OC)c1OC. The van der Waals surface area contributed by atoms with Crippen molar-refractivity contribution in [3.8, 4) is 28.7 Å². The average molecular weight is 497 g/mol. The van der Waals surface area contributed by atoms with Gasteiger partial charge in [-0.3, -0.25) is 9.89 Å². The van der Waals surface area contributed by atoms with Crippen LogP contribution in [0.3, 0.4) is 0 Å². The van der Waals surface area contributed by atoms with E-state index in [9.17, 15) is 9.90 Å². The molecular formula is C30H28N2O5. The number of phenolic OH excluding ortho intramolecular Hbond substituents is 1. The monoisotopic (exact) mass is 496 g/mol. The van der Waals surface area contributed by atoms with Gasteiger partial charge in [0.15, 0.2) is 11.5 Å². The minimum Gasteiger partial charge on any atom is -0.508 e. The molecule has 5 aromatic rings. The van der Waals surface area contributed by atoms with Gasteiger partial charge in [0.25, 0.3) is 5.56 Å². The van der Waals surface area contributed by atoms with Crippen molar-refractivity contribution in [3.63, 3.8) is 0 Å². The van der Waals surface area contributed by atoms with Crippen molar-refractivity contribution in [2.75, 3.05) is 21.3 Å². The highest BCUT2D eigenvalue weighted by Crippen LogP contribution is 2.46. The number of aromatic amines is 1. The Kier molecular flexibility index (Phi) is 6.36. The van der Waals surface area contributed by atoms with Gasteiger partial charge in [-0.1, -0.05) is 48.5 Å². The molecule has 2 N–H and O–H groups in total. The maximum atomic E-state index is 14.0. The normalized spacial score (nSPS) is 11.9. The predicted molar refractivity (Wildman–Crippen MR) is 144 cm³/mol. The van der Waals surface area contributed by atoms with E-state index in [1.807, 2.05) is 79.7 Å². The first kappa shape index (κ1) is 24.1. The van der Waals surface area contributed by atoms with Crippen molar-refractivity contribution >= 4 is 10.8 Å². The zero-order chi connectivity index (χ0) is 26.1. The standard InChI is InChI=1S/C30H28N2O5/c1-18-26(30(34)32(31-18)21-11-6-5-7-12-21)27(20-16-24(35-2)29(37-4)25(17-20)36-3)28-22-13-9-8-10-19(22)14-15-23(28)33/h5-17,27,31,33H,1-4H3. The number of methoxy groups -OCH3 is 3. The Balaban J connectivity index is 1.88. The third-order valence-electron chi connectivity index (χ3n) is 6.68. The Hall–Kier alpha value is -4.65. The number of H-pyrrole nitrogens is 1. The van der Waals surface area contributed by atoms with Crippen molar-refractivity contribution in [2.45, 2.75) is 12.8 Å². The van der Waals surface area contributed by atoms with E-state index in [0.29, 0.717) is 45.3 Å². The summed E-state index contributed by atoms with van der Waals surface area (Å²) in [6.07, 6.45) is 0. The Labute approximate surface area is 214 Å². The summed E-state index contributed by atoms with van der Waals surface area (Å²) in [6.45, 7) is 1.86. The predicted octanol–water partition coefficient (Wildman–Crippen LogP) is 5.54. The smallest absolute Gasteiger partial charge is 0.275 e. The highest BCUT2D eigenvalue weighted by molar-refractivity contribution is 5.89. The lowest BCUT2D eigenvalue weighted by molar-refractivity contribution is 0.323. The van der Waals surface area contributed by atoms with E-state index in [-0.39, 0.29) is 11.3 Å². The number of phenols is 1. The van der Waals surface area contributed by atoms with E-state index >= 15 is 0 Å². The van der Waals surface area contributed by atoms with Gasteiger partial charge in [0, 0.05) is 17.2 Å². The highest BCUT2D eigenvalue weighted by Gasteiger charge is 2.31. The number of ether oxygens (including phenoxy) is 3. The van der Waals surface area contributed by atoms with E-state index in [0.717, 1.165) is 10.8 Å². The van der Waals surface area contributed by atoms with Gasteiger partial charge < -0.3 is 19.3 Å². The summed E-state index contributed by atoms with van der Waals surface area (Å²) in [5.41, 5.74) is 3.01. The van der Waals surface area contributed by atoms with Crippen LogP contribution in [-0.4, -0.2) is 36.2 Å². The summed E-state index contributed by atoms with van der Waals surface area (Å²) in [6, 6.07) is 24.4. The molecule has 1 atom stereocenters. The van der Waals surface area contributed by atoms with Gasteiger partial charge in [0.1, 0.15) is 5.75 Å². The van der Waals surface area contributed by atoms with E-state index in [1.165, 1.54) is 4.68 Å². The van der Waals surface area contributed by atoms with Gasteiger partial charge in [-0.2, -0.15) is 0 Å². The molecule has 0 spiro atoms. The molecule has 0 fully saturated rings. The quantitative estimate of drug-likeness (QED) is 0.309. The first-order valence-electron chi connectivity index (χ1n) is 11.9. The Bertz CT molecular complexity index is 1610. The van der Waals surface area contributed by atoms with Crippen LogP contribution in [0.1, 0.15) is 28.3 Å². The van der Waals surface area contributed by atoms with Crippen molar-refractivity contribution in [1.82, 2.24) is 9.78 Å². The lowest BCUT2D eigenvalue weighted by atomic mass is 9.82. The van der Waals surface area contributed by atoms with Gasteiger partial charge in [0.2, 0.25) is 5.75 Å². The number of fused-ring (bicyclic) bond motifs is 1. The molecule has 7 nitrogen and oxygen atoms in total. The summed E-state index contributed by atoms with van der Waals surface area (Å²) < 4.78 is 18.3. The molecule has 0 aliphatic carbocycles. The second-order valence-electron chi connectivity index (χ2n) is 8.74. The number of nitrogens with zero attached hydrogens (tertiary/aromatic N) is 1. The molecule has 0 aliphatic rings. The Morgan fingerprint density at radius 3 is 2.11 bits per heavy atom. The third kappa shape index (κ3) is 4.08. The number of benzene rings is 4. The molecule has 37 heavy (non-hydrogen) atoms. The van der Waals surface area contributed by atoms with Gasteiger partial charge in [-0.15, -0.1) is 0 Å². The minimum absolute atomic E-state index is 0.0868. The zero-order valence-electron chi connectivity index (χ0n) is 21.1. The molecule has 4 aromatic carbocycles. The zero-order valence-corrected chi connectivity index (χ0v) is 21.1. The molecule has 0 aliphatic heterocycles. The molecule has 0 radical (unpaired) electrons. The number of aromatic nitrogens is 2. The third-order valence-corrected chi connectivity index (χ3v) is 6.68. The number of hydrogen-bond acceptors (Lipinski definition) is 5. The average Bonchev–Trinajstić information content (AvgIpc) is 3.23. The largest absolute Gasteiger partial charge is 0.508 e. The summed E-state index contributed by atoms with van der Waals surface area (Å²) in [7, 11) is 4.65. The van der Waals surface area contributed by atoms with Crippen LogP contribution < -0.4 is 19.8 Å². The maximum absolute atomic E-state index is 14.0. The van der Waals surface area contributed by atoms with E-state index < -0.39 is 5.92 Å². The maximum Gasteiger partial charge on any atom is 0.275 e. The van der Waals surface area contributed by atoms with Crippen molar-refractivity contribution in [1.29, 1.82) is 0 Å². The van der Waals surface area contributed by atoms with E-state index in [4.69, 9.17) is 14.2 Å². The van der Waals surface area contributed by atoms with Crippen LogP contribution in [0.2, 0.25) is 0 Å². The van der Waals surface area contributed by atoms with Gasteiger partial charge in [-0.05, 0) is 53.6 Å². The number of nitrogens with one attached hydrogen (secondary N) is 1. The molecule has 0 bridgehead atoms. The van der Waals surface area contributed by atoms with Gasteiger partial charge >= 0.3 is 0 Å². The second-order valence-corrected chi connectivity index (χ2v) is 8.74. The molecule has 5 rings (SSSR count). The Morgan fingerprint density at radius 2 is 1.46 bits per heavy atom. The summed E-state index contributed by atoms with van der Waals surface area (Å²) in [5.74, 6) is 0.802. The van der Waals surface area contributed by atoms with Gasteiger partial charge in [0.05, 0.1) is 32.6 Å². The van der Waals surface area contributed by atoms with Crippen LogP contribution in [0, 0.1) is 6.92 Å². The van der Waals surface area contributed by atoms with Crippen molar-refractivity contribution in [3.05, 3.63) is 112 Å². The van der Waals surface area contributed by atoms with E-state index in [1.54, 1.807) is 27.4 Å². The summed E-state index contributed by atoms with van der Waals surface area (Å²) >= 11 is 0. The number of rotatable bonds is 7. The highest BCUT2D eigenvalue weighted by atomic mass is 16.5. The molecule has 0 saturated heterocycles. The molecule has 1 aromatic heterocycles. The first-order valence-corrected chi connectivity index (χ1v) is 11.9. The molecule has 0 saturated carbocycles. The fraction of sp³-hybridized carbons (Fsp3) is 0.167. The second kappa shape index (κ2) is 9.78. The van der Waals surface area contributed by atoms with Gasteiger partial charge in [-0.25, -0.2) is 4.68 Å². The fourth-order valence-corrected chi connectivity index (χ4v) is 4.99. The lowest BCUT2D eigenvalue weighted by Gasteiger charge is -2.23. The number of aromatic hydroxyl groups is 1. The molecule has 7 heteroatoms. The van der Waals surface area contributed by atoms with Crippen LogP contribution in [0.5, 0.6) is 23.0 Å². The van der Waals surface area contributed by atoms with Crippen LogP contribution >= 0.6 is 0 Å². The van der Waals surface area contributed by atoms with Crippen molar-refractivity contribution in [2.24, 2.45) is 0 Å². The number of aryl methyl sites for hydroxylation is 1. The summed E-state index contributed by atoms with van der Waals surface area (Å²) in [4.78, 5) is 14.0. The Morgan fingerprint density at radius 1 is 0.811 bits per heavy atom.